The van der Waals surface area contributed by atoms with Gasteiger partial charge in [0.25, 0.3) is 0 Å². The maximum atomic E-state index is 11.6. The van der Waals surface area contributed by atoms with E-state index in [0.29, 0.717) is 24.6 Å². The molecular formula is C11H25NO2S. The van der Waals surface area contributed by atoms with Crippen molar-refractivity contribution < 1.29 is 8.42 Å². The largest absolute Gasteiger partial charge is 0.315 e. The third-order valence-corrected chi connectivity index (χ3v) is 4.80. The highest BCUT2D eigenvalue weighted by Crippen LogP contribution is 2.03. The van der Waals surface area contributed by atoms with Crippen molar-refractivity contribution in [2.45, 2.75) is 45.8 Å². The fourth-order valence-corrected chi connectivity index (χ4v) is 2.65. The summed E-state index contributed by atoms with van der Waals surface area (Å²) in [6.45, 7) is 9.50. The molecule has 0 saturated carbocycles. The second kappa shape index (κ2) is 7.23. The van der Waals surface area contributed by atoms with Gasteiger partial charge in [0.15, 0.2) is 9.84 Å². The van der Waals surface area contributed by atoms with E-state index in [4.69, 9.17) is 0 Å². The minimum Gasteiger partial charge on any atom is -0.315 e. The van der Waals surface area contributed by atoms with E-state index in [1.54, 1.807) is 6.92 Å². The fourth-order valence-electron chi connectivity index (χ4n) is 1.31. The molecule has 0 aliphatic heterocycles. The van der Waals surface area contributed by atoms with Gasteiger partial charge in [-0.05, 0) is 32.2 Å². The molecule has 0 aromatic carbocycles. The van der Waals surface area contributed by atoms with Gasteiger partial charge in [0.2, 0.25) is 0 Å². The summed E-state index contributed by atoms with van der Waals surface area (Å²) in [6, 6.07) is 0. The summed E-state index contributed by atoms with van der Waals surface area (Å²) in [5.41, 5.74) is 0. The highest BCUT2D eigenvalue weighted by molar-refractivity contribution is 7.92. The lowest BCUT2D eigenvalue weighted by Gasteiger charge is -2.13. The molecule has 4 heteroatoms. The van der Waals surface area contributed by atoms with Crippen molar-refractivity contribution in [2.24, 2.45) is 5.92 Å². The monoisotopic (exact) mass is 235 g/mol. The van der Waals surface area contributed by atoms with Gasteiger partial charge in [0, 0.05) is 6.54 Å². The molecule has 0 spiro atoms. The molecule has 0 aliphatic rings. The highest BCUT2D eigenvalue weighted by Gasteiger charge is 2.18. The Hall–Kier alpha value is -0.0900. The van der Waals surface area contributed by atoms with E-state index in [2.05, 4.69) is 19.2 Å². The average molecular weight is 235 g/mol. The molecule has 1 unspecified atom stereocenters. The molecule has 0 heterocycles. The summed E-state index contributed by atoms with van der Waals surface area (Å²) in [7, 11) is -2.87. The van der Waals surface area contributed by atoms with Gasteiger partial charge in [0.1, 0.15) is 0 Å². The third kappa shape index (κ3) is 6.90. The van der Waals surface area contributed by atoms with E-state index >= 15 is 0 Å². The molecule has 0 bridgehead atoms. The summed E-state index contributed by atoms with van der Waals surface area (Å²) < 4.78 is 23.2. The standard InChI is InChI=1S/C11H25NO2S/c1-5-8-15(13,14)11(4)9-12-7-6-10(2)3/h10-12H,5-9H2,1-4H3. The Morgan fingerprint density at radius 3 is 2.27 bits per heavy atom. The van der Waals surface area contributed by atoms with E-state index in [9.17, 15) is 8.42 Å². The van der Waals surface area contributed by atoms with Crippen LogP contribution in [0, 0.1) is 5.92 Å². The maximum absolute atomic E-state index is 11.6. The minimum atomic E-state index is -2.87. The molecule has 0 aromatic heterocycles. The Kier molecular flexibility index (Phi) is 7.18. The minimum absolute atomic E-state index is 0.260. The summed E-state index contributed by atoms with van der Waals surface area (Å²) in [5, 5.41) is 2.94. The number of hydrogen-bond acceptors (Lipinski definition) is 3. The van der Waals surface area contributed by atoms with Crippen molar-refractivity contribution in [3.05, 3.63) is 0 Å². The van der Waals surface area contributed by atoms with Gasteiger partial charge in [-0.2, -0.15) is 0 Å². The molecule has 15 heavy (non-hydrogen) atoms. The molecule has 0 rings (SSSR count). The van der Waals surface area contributed by atoms with Gasteiger partial charge < -0.3 is 5.32 Å². The number of hydrogen-bond donors (Lipinski definition) is 1. The van der Waals surface area contributed by atoms with Crippen LogP contribution in [-0.4, -0.2) is 32.5 Å². The van der Waals surface area contributed by atoms with E-state index in [-0.39, 0.29) is 5.25 Å². The van der Waals surface area contributed by atoms with Crippen molar-refractivity contribution in [3.8, 4) is 0 Å². The predicted octanol–water partition coefficient (Wildman–Crippen LogP) is 1.84. The van der Waals surface area contributed by atoms with Crippen LogP contribution in [0.1, 0.15) is 40.5 Å². The van der Waals surface area contributed by atoms with Gasteiger partial charge in [-0.3, -0.25) is 0 Å². The van der Waals surface area contributed by atoms with Crippen molar-refractivity contribution in [1.29, 1.82) is 0 Å². The normalized spacial score (nSPS) is 14.5. The van der Waals surface area contributed by atoms with Crippen LogP contribution in [0.5, 0.6) is 0 Å². The lowest BCUT2D eigenvalue weighted by atomic mass is 10.1. The third-order valence-electron chi connectivity index (χ3n) is 2.43. The van der Waals surface area contributed by atoms with Crippen molar-refractivity contribution in [3.63, 3.8) is 0 Å². The Morgan fingerprint density at radius 2 is 1.80 bits per heavy atom. The van der Waals surface area contributed by atoms with Gasteiger partial charge in [-0.15, -0.1) is 0 Å². The zero-order valence-electron chi connectivity index (χ0n) is 10.4. The molecule has 0 radical (unpaired) electrons. The zero-order valence-corrected chi connectivity index (χ0v) is 11.2. The molecule has 0 aliphatic carbocycles. The SMILES string of the molecule is CCCS(=O)(=O)C(C)CNCCC(C)C. The first-order chi connectivity index (χ1) is 6.90. The quantitative estimate of drug-likeness (QED) is 0.653. The predicted molar refractivity (Wildman–Crippen MR) is 65.9 cm³/mol. The van der Waals surface area contributed by atoms with Crippen molar-refractivity contribution in [1.82, 2.24) is 5.32 Å². The first kappa shape index (κ1) is 14.9. The van der Waals surface area contributed by atoms with Crippen LogP contribution in [0.4, 0.5) is 0 Å². The molecule has 3 nitrogen and oxygen atoms in total. The highest BCUT2D eigenvalue weighted by atomic mass is 32.2. The Bertz CT molecular complexity index is 247. The fraction of sp³-hybridized carbons (Fsp3) is 1.00. The molecule has 0 amide bonds. The Morgan fingerprint density at radius 1 is 1.20 bits per heavy atom. The number of rotatable bonds is 8. The topological polar surface area (TPSA) is 46.2 Å². The molecule has 0 saturated heterocycles. The molecule has 0 fully saturated rings. The zero-order chi connectivity index (χ0) is 11.9. The molecule has 1 atom stereocenters. The van der Waals surface area contributed by atoms with E-state index in [1.807, 2.05) is 6.92 Å². The smallest absolute Gasteiger partial charge is 0.154 e. The summed E-state index contributed by atoms with van der Waals surface area (Å²) in [4.78, 5) is 0. The average Bonchev–Trinajstić information content (AvgIpc) is 2.11. The van der Waals surface area contributed by atoms with Gasteiger partial charge in [-0.25, -0.2) is 8.42 Å². The second-order valence-electron chi connectivity index (χ2n) is 4.56. The maximum Gasteiger partial charge on any atom is 0.154 e. The van der Waals surface area contributed by atoms with E-state index < -0.39 is 9.84 Å². The number of nitrogens with one attached hydrogen (secondary N) is 1. The Balaban J connectivity index is 3.78. The second-order valence-corrected chi connectivity index (χ2v) is 7.10. The molecule has 0 aromatic rings. The Labute approximate surface area is 94.6 Å². The van der Waals surface area contributed by atoms with Gasteiger partial charge >= 0.3 is 0 Å². The summed E-state index contributed by atoms with van der Waals surface area (Å²) in [5.74, 6) is 0.972. The van der Waals surface area contributed by atoms with Gasteiger partial charge in [0.05, 0.1) is 11.0 Å². The first-order valence-corrected chi connectivity index (χ1v) is 7.54. The summed E-state index contributed by atoms with van der Waals surface area (Å²) >= 11 is 0. The first-order valence-electron chi connectivity index (χ1n) is 5.82. The van der Waals surface area contributed by atoms with Crippen LogP contribution in [0.25, 0.3) is 0 Å². The van der Waals surface area contributed by atoms with Gasteiger partial charge in [-0.1, -0.05) is 20.8 Å². The van der Waals surface area contributed by atoms with Crippen LogP contribution >= 0.6 is 0 Å². The summed E-state index contributed by atoms with van der Waals surface area (Å²) in [6.07, 6.45) is 1.80. The van der Waals surface area contributed by atoms with Crippen LogP contribution in [0.3, 0.4) is 0 Å². The van der Waals surface area contributed by atoms with Crippen LogP contribution < -0.4 is 5.32 Å². The van der Waals surface area contributed by atoms with Crippen LogP contribution in [0.15, 0.2) is 0 Å². The van der Waals surface area contributed by atoms with E-state index in [0.717, 1.165) is 13.0 Å². The van der Waals surface area contributed by atoms with Crippen LogP contribution in [-0.2, 0) is 9.84 Å². The van der Waals surface area contributed by atoms with Crippen molar-refractivity contribution >= 4 is 9.84 Å². The number of sulfone groups is 1. The van der Waals surface area contributed by atoms with Crippen molar-refractivity contribution in [2.75, 3.05) is 18.8 Å². The lowest BCUT2D eigenvalue weighted by Crippen LogP contribution is -2.33. The lowest BCUT2D eigenvalue weighted by molar-refractivity contribution is 0.528. The molecule has 92 valence electrons. The van der Waals surface area contributed by atoms with E-state index in [1.165, 1.54) is 0 Å². The molecular weight excluding hydrogens is 210 g/mol. The van der Waals surface area contributed by atoms with Crippen LogP contribution in [0.2, 0.25) is 0 Å². The molecule has 1 N–H and O–H groups in total.